The highest BCUT2D eigenvalue weighted by molar-refractivity contribution is 7.12. The summed E-state index contributed by atoms with van der Waals surface area (Å²) in [6, 6.07) is 16.8. The average molecular weight is 396 g/mol. The fourth-order valence-electron chi connectivity index (χ4n) is 2.65. The highest BCUT2D eigenvalue weighted by atomic mass is 32.1. The van der Waals surface area contributed by atoms with Crippen molar-refractivity contribution in [3.05, 3.63) is 64.9 Å². The van der Waals surface area contributed by atoms with Crippen LogP contribution in [0, 0.1) is 0 Å². The Labute approximate surface area is 166 Å². The van der Waals surface area contributed by atoms with Gasteiger partial charge in [-0.15, -0.1) is 11.3 Å². The Morgan fingerprint density at radius 3 is 2.61 bits per heavy atom. The van der Waals surface area contributed by atoms with Crippen LogP contribution in [0.25, 0.3) is 10.8 Å². The van der Waals surface area contributed by atoms with E-state index < -0.39 is 18.0 Å². The van der Waals surface area contributed by atoms with E-state index in [1.807, 2.05) is 36.4 Å². The number of benzene rings is 2. The van der Waals surface area contributed by atoms with Crippen molar-refractivity contribution in [2.24, 2.45) is 0 Å². The predicted octanol–water partition coefficient (Wildman–Crippen LogP) is 3.59. The minimum atomic E-state index is -0.945. The van der Waals surface area contributed by atoms with Crippen LogP contribution in [0.2, 0.25) is 0 Å². The van der Waals surface area contributed by atoms with Crippen LogP contribution in [0.4, 0.5) is 5.69 Å². The molecule has 0 aliphatic rings. The lowest BCUT2D eigenvalue weighted by Gasteiger charge is -2.15. The molecule has 0 saturated carbocycles. The van der Waals surface area contributed by atoms with Crippen molar-refractivity contribution in [1.29, 1.82) is 0 Å². The minimum absolute atomic E-state index is 0.0109. The quantitative estimate of drug-likeness (QED) is 0.598. The number of thiophene rings is 1. The topological polar surface area (TPSA) is 84.5 Å². The van der Waals surface area contributed by atoms with Gasteiger partial charge in [-0.05, 0) is 29.8 Å². The van der Waals surface area contributed by atoms with Crippen LogP contribution in [0.3, 0.4) is 0 Å². The van der Waals surface area contributed by atoms with Crippen LogP contribution in [-0.4, -0.2) is 30.4 Å². The molecule has 3 rings (SSSR count). The summed E-state index contributed by atoms with van der Waals surface area (Å²) in [5.74, 6) is -1.19. The Morgan fingerprint density at radius 2 is 1.82 bits per heavy atom. The molecule has 0 radical (unpaired) electrons. The Hall–Kier alpha value is -3.19. The summed E-state index contributed by atoms with van der Waals surface area (Å²) in [5, 5.41) is 9.17. The summed E-state index contributed by atoms with van der Waals surface area (Å²) >= 11 is 1.32. The largest absolute Gasteiger partial charge is 0.452 e. The summed E-state index contributed by atoms with van der Waals surface area (Å²) in [6.07, 6.45) is -0.956. The van der Waals surface area contributed by atoms with E-state index >= 15 is 0 Å². The van der Waals surface area contributed by atoms with E-state index in [0.717, 1.165) is 10.8 Å². The summed E-state index contributed by atoms with van der Waals surface area (Å²) in [5.41, 5.74) is 0.661. The number of hydrogen-bond donors (Lipinski definition) is 2. The SMILES string of the molecule is CC(OC(=O)CCNC(=O)c1cccs1)C(=O)Nc1cccc2ccccc12. The van der Waals surface area contributed by atoms with E-state index in [4.69, 9.17) is 4.74 Å². The zero-order valence-electron chi connectivity index (χ0n) is 15.3. The molecule has 28 heavy (non-hydrogen) atoms. The van der Waals surface area contributed by atoms with Gasteiger partial charge in [-0.1, -0.05) is 42.5 Å². The molecule has 144 valence electrons. The van der Waals surface area contributed by atoms with Crippen LogP contribution < -0.4 is 10.6 Å². The molecule has 1 atom stereocenters. The predicted molar refractivity (Wildman–Crippen MR) is 109 cm³/mol. The second-order valence-corrected chi connectivity index (χ2v) is 7.08. The molecule has 1 heterocycles. The Balaban J connectivity index is 1.48. The maximum Gasteiger partial charge on any atom is 0.308 e. The molecule has 1 aromatic heterocycles. The highest BCUT2D eigenvalue weighted by Gasteiger charge is 2.18. The van der Waals surface area contributed by atoms with Gasteiger partial charge in [-0.25, -0.2) is 0 Å². The summed E-state index contributed by atoms with van der Waals surface area (Å²) < 4.78 is 5.17. The molecule has 7 heteroatoms. The van der Waals surface area contributed by atoms with Crippen molar-refractivity contribution in [3.8, 4) is 0 Å². The van der Waals surface area contributed by atoms with Crippen LogP contribution in [0.5, 0.6) is 0 Å². The molecule has 3 aromatic rings. The number of anilines is 1. The van der Waals surface area contributed by atoms with Crippen molar-refractivity contribution < 1.29 is 19.1 Å². The summed E-state index contributed by atoms with van der Waals surface area (Å²) in [7, 11) is 0. The molecule has 0 fully saturated rings. The molecule has 0 spiro atoms. The zero-order valence-corrected chi connectivity index (χ0v) is 16.1. The molecule has 0 saturated heterocycles. The van der Waals surface area contributed by atoms with E-state index in [2.05, 4.69) is 10.6 Å². The first-order chi connectivity index (χ1) is 13.5. The van der Waals surface area contributed by atoms with Crippen LogP contribution in [0.15, 0.2) is 60.0 Å². The first-order valence-electron chi connectivity index (χ1n) is 8.84. The van der Waals surface area contributed by atoms with E-state index in [0.29, 0.717) is 10.6 Å². The van der Waals surface area contributed by atoms with Gasteiger partial charge in [-0.3, -0.25) is 14.4 Å². The first-order valence-corrected chi connectivity index (χ1v) is 9.72. The maximum absolute atomic E-state index is 12.4. The number of nitrogens with one attached hydrogen (secondary N) is 2. The summed E-state index contributed by atoms with van der Waals surface area (Å²) in [4.78, 5) is 36.7. The third-order valence-corrected chi connectivity index (χ3v) is 4.95. The van der Waals surface area contributed by atoms with Gasteiger partial charge in [0.2, 0.25) is 0 Å². The number of hydrogen-bond acceptors (Lipinski definition) is 5. The Morgan fingerprint density at radius 1 is 1.04 bits per heavy atom. The van der Waals surface area contributed by atoms with Gasteiger partial charge in [0.15, 0.2) is 6.10 Å². The Kier molecular flexibility index (Phi) is 6.39. The van der Waals surface area contributed by atoms with Gasteiger partial charge in [0, 0.05) is 17.6 Å². The fourth-order valence-corrected chi connectivity index (χ4v) is 3.29. The molecule has 0 aliphatic heterocycles. The number of esters is 1. The highest BCUT2D eigenvalue weighted by Crippen LogP contribution is 2.23. The van der Waals surface area contributed by atoms with E-state index in [9.17, 15) is 14.4 Å². The van der Waals surface area contributed by atoms with Crippen LogP contribution in [0.1, 0.15) is 23.0 Å². The second-order valence-electron chi connectivity index (χ2n) is 6.13. The third-order valence-electron chi connectivity index (χ3n) is 4.08. The van der Waals surface area contributed by atoms with Gasteiger partial charge in [0.1, 0.15) is 0 Å². The molecule has 0 aliphatic carbocycles. The van der Waals surface area contributed by atoms with Crippen molar-refractivity contribution >= 4 is 45.6 Å². The monoisotopic (exact) mass is 396 g/mol. The van der Waals surface area contributed by atoms with Gasteiger partial charge < -0.3 is 15.4 Å². The average Bonchev–Trinajstić information content (AvgIpc) is 3.23. The van der Waals surface area contributed by atoms with Gasteiger partial charge in [0.25, 0.3) is 11.8 Å². The Bertz CT molecular complexity index is 980. The van der Waals surface area contributed by atoms with Gasteiger partial charge in [-0.2, -0.15) is 0 Å². The lowest BCUT2D eigenvalue weighted by atomic mass is 10.1. The van der Waals surface area contributed by atoms with Gasteiger partial charge in [0.05, 0.1) is 11.3 Å². The smallest absolute Gasteiger partial charge is 0.308 e. The molecule has 1 unspecified atom stereocenters. The third kappa shape index (κ3) is 4.95. The number of fused-ring (bicyclic) bond motifs is 1. The van der Waals surface area contributed by atoms with Crippen LogP contribution >= 0.6 is 11.3 Å². The van der Waals surface area contributed by atoms with Gasteiger partial charge >= 0.3 is 5.97 Å². The second kappa shape index (κ2) is 9.14. The standard InChI is InChI=1S/C21H20N2O4S/c1-14(27-19(24)11-12-22-21(26)18-10-5-13-28-18)20(25)23-17-9-4-7-15-6-2-3-8-16(15)17/h2-10,13-14H,11-12H2,1H3,(H,22,26)(H,23,25). The number of ether oxygens (including phenoxy) is 1. The van der Waals surface area contributed by atoms with Crippen molar-refractivity contribution in [2.45, 2.75) is 19.4 Å². The van der Waals surface area contributed by atoms with E-state index in [1.165, 1.54) is 18.3 Å². The normalized spacial score (nSPS) is 11.6. The van der Waals surface area contributed by atoms with Crippen molar-refractivity contribution in [3.63, 3.8) is 0 Å². The molecular formula is C21H20N2O4S. The number of carbonyl (C=O) groups excluding carboxylic acids is 3. The lowest BCUT2D eigenvalue weighted by Crippen LogP contribution is -2.32. The lowest BCUT2D eigenvalue weighted by molar-refractivity contribution is -0.153. The number of rotatable bonds is 7. The first kappa shape index (κ1) is 19.6. The molecule has 2 N–H and O–H groups in total. The number of carbonyl (C=O) groups is 3. The van der Waals surface area contributed by atoms with Crippen molar-refractivity contribution in [1.82, 2.24) is 5.32 Å². The minimum Gasteiger partial charge on any atom is -0.452 e. The molecular weight excluding hydrogens is 376 g/mol. The van der Waals surface area contributed by atoms with Crippen molar-refractivity contribution in [2.75, 3.05) is 11.9 Å². The zero-order chi connectivity index (χ0) is 19.9. The summed E-state index contributed by atoms with van der Waals surface area (Å²) in [6.45, 7) is 1.66. The molecule has 2 amide bonds. The molecule has 0 bridgehead atoms. The molecule has 6 nitrogen and oxygen atoms in total. The molecule has 2 aromatic carbocycles. The number of amides is 2. The maximum atomic E-state index is 12.4. The fraction of sp³-hybridized carbons (Fsp3) is 0.190. The van der Waals surface area contributed by atoms with E-state index in [-0.39, 0.29) is 18.9 Å². The van der Waals surface area contributed by atoms with Crippen LogP contribution in [-0.2, 0) is 14.3 Å². The van der Waals surface area contributed by atoms with E-state index in [1.54, 1.807) is 23.6 Å².